The van der Waals surface area contributed by atoms with Crippen molar-refractivity contribution in [1.29, 1.82) is 0 Å². The molecule has 1 rings (SSSR count). The number of esters is 1. The highest BCUT2D eigenvalue weighted by Gasteiger charge is 2.20. The third-order valence-electron chi connectivity index (χ3n) is 2.52. The number of rotatable bonds is 5. The monoisotopic (exact) mass is 259 g/mol. The Morgan fingerprint density at radius 1 is 1.50 bits per heavy atom. The lowest BCUT2D eigenvalue weighted by atomic mass is 10.0. The highest BCUT2D eigenvalue weighted by molar-refractivity contribution is 5.74. The van der Waals surface area contributed by atoms with Crippen LogP contribution in [0.2, 0.25) is 0 Å². The van der Waals surface area contributed by atoms with Gasteiger partial charge >= 0.3 is 5.97 Å². The van der Waals surface area contributed by atoms with Gasteiger partial charge in [-0.3, -0.25) is 4.79 Å². The third-order valence-corrected chi connectivity index (χ3v) is 2.52. The van der Waals surface area contributed by atoms with Crippen LogP contribution >= 0.6 is 0 Å². The number of alkyl halides is 2. The molecule has 1 heterocycles. The molecule has 0 spiro atoms. The Labute approximate surface area is 104 Å². The van der Waals surface area contributed by atoms with Gasteiger partial charge in [-0.1, -0.05) is 0 Å². The molecule has 0 unspecified atom stereocenters. The zero-order chi connectivity index (χ0) is 13.7. The molecule has 0 fully saturated rings. The second kappa shape index (κ2) is 6.28. The SMILES string of the molecule is CCOC(=O)Cc1c(OC)ncc(C(F)F)c1C. The molecule has 100 valence electrons. The smallest absolute Gasteiger partial charge is 0.310 e. The molecule has 6 heteroatoms. The van der Waals surface area contributed by atoms with Gasteiger partial charge in [0.05, 0.1) is 20.1 Å². The van der Waals surface area contributed by atoms with Crippen molar-refractivity contribution < 1.29 is 23.0 Å². The topological polar surface area (TPSA) is 48.4 Å². The van der Waals surface area contributed by atoms with Crippen molar-refractivity contribution in [3.63, 3.8) is 0 Å². The van der Waals surface area contributed by atoms with Crippen LogP contribution in [0.4, 0.5) is 8.78 Å². The average Bonchev–Trinajstić information content (AvgIpc) is 2.31. The molecule has 0 bridgehead atoms. The van der Waals surface area contributed by atoms with Gasteiger partial charge in [0.15, 0.2) is 0 Å². The van der Waals surface area contributed by atoms with Crippen LogP contribution in [0.15, 0.2) is 6.20 Å². The zero-order valence-electron chi connectivity index (χ0n) is 10.5. The highest BCUT2D eigenvalue weighted by Crippen LogP contribution is 2.29. The molecule has 0 radical (unpaired) electrons. The first-order valence-electron chi connectivity index (χ1n) is 5.47. The summed E-state index contributed by atoms with van der Waals surface area (Å²) in [6.07, 6.45) is -1.70. The molecule has 4 nitrogen and oxygen atoms in total. The average molecular weight is 259 g/mol. The molecule has 0 aliphatic rings. The van der Waals surface area contributed by atoms with E-state index in [0.717, 1.165) is 6.20 Å². The van der Waals surface area contributed by atoms with Gasteiger partial charge in [-0.05, 0) is 19.4 Å². The van der Waals surface area contributed by atoms with Crippen molar-refractivity contribution in [3.05, 3.63) is 22.9 Å². The Morgan fingerprint density at radius 3 is 2.67 bits per heavy atom. The molecular weight excluding hydrogens is 244 g/mol. The van der Waals surface area contributed by atoms with E-state index in [1.165, 1.54) is 14.0 Å². The number of ether oxygens (including phenoxy) is 2. The maximum absolute atomic E-state index is 12.7. The van der Waals surface area contributed by atoms with Gasteiger partial charge in [0, 0.05) is 17.3 Å². The molecule has 1 aromatic rings. The first-order valence-corrected chi connectivity index (χ1v) is 5.47. The zero-order valence-corrected chi connectivity index (χ0v) is 10.5. The number of methoxy groups -OCH3 is 1. The Kier molecular flexibility index (Phi) is 5.00. The predicted octanol–water partition coefficient (Wildman–Crippen LogP) is 2.44. The molecule has 0 N–H and O–H groups in total. The van der Waals surface area contributed by atoms with Crippen LogP contribution in [-0.4, -0.2) is 24.7 Å². The summed E-state index contributed by atoms with van der Waals surface area (Å²) in [5, 5.41) is 0. The lowest BCUT2D eigenvalue weighted by Gasteiger charge is -2.13. The van der Waals surface area contributed by atoms with Gasteiger partial charge in [-0.25, -0.2) is 13.8 Å². The number of hydrogen-bond acceptors (Lipinski definition) is 4. The molecule has 0 saturated carbocycles. The first kappa shape index (κ1) is 14.3. The molecule has 1 aromatic heterocycles. The van der Waals surface area contributed by atoms with Crippen LogP contribution in [-0.2, 0) is 16.0 Å². The summed E-state index contributed by atoms with van der Waals surface area (Å²) in [6.45, 7) is 3.43. The Balaban J connectivity index is 3.13. The lowest BCUT2D eigenvalue weighted by molar-refractivity contribution is -0.142. The van der Waals surface area contributed by atoms with Gasteiger partial charge in [0.25, 0.3) is 6.43 Å². The third kappa shape index (κ3) is 3.15. The minimum atomic E-state index is -2.63. The van der Waals surface area contributed by atoms with Crippen LogP contribution in [0.25, 0.3) is 0 Å². The van der Waals surface area contributed by atoms with E-state index in [0.29, 0.717) is 11.1 Å². The number of carbonyl (C=O) groups is 1. The summed E-state index contributed by atoms with van der Waals surface area (Å²) >= 11 is 0. The molecular formula is C12H15F2NO3. The van der Waals surface area contributed by atoms with E-state index in [-0.39, 0.29) is 24.5 Å². The Bertz CT molecular complexity index is 436. The van der Waals surface area contributed by atoms with E-state index >= 15 is 0 Å². The Hall–Kier alpha value is -1.72. The number of nitrogens with zero attached hydrogens (tertiary/aromatic N) is 1. The van der Waals surface area contributed by atoms with Crippen LogP contribution in [0.1, 0.15) is 30.0 Å². The van der Waals surface area contributed by atoms with Crippen LogP contribution in [0.3, 0.4) is 0 Å². The molecule has 0 saturated heterocycles. The van der Waals surface area contributed by atoms with Crippen molar-refractivity contribution >= 4 is 5.97 Å². The summed E-state index contributed by atoms with van der Waals surface area (Å²) < 4.78 is 35.2. The second-order valence-electron chi connectivity index (χ2n) is 3.61. The minimum absolute atomic E-state index is 0.129. The van der Waals surface area contributed by atoms with E-state index in [1.54, 1.807) is 6.92 Å². The second-order valence-corrected chi connectivity index (χ2v) is 3.61. The number of carbonyl (C=O) groups excluding carboxylic acids is 1. The van der Waals surface area contributed by atoms with Gasteiger partial charge < -0.3 is 9.47 Å². The molecule has 0 atom stereocenters. The highest BCUT2D eigenvalue weighted by atomic mass is 19.3. The maximum atomic E-state index is 12.7. The maximum Gasteiger partial charge on any atom is 0.310 e. The fourth-order valence-electron chi connectivity index (χ4n) is 1.60. The van der Waals surface area contributed by atoms with Gasteiger partial charge in [-0.2, -0.15) is 0 Å². The van der Waals surface area contributed by atoms with Gasteiger partial charge in [0.2, 0.25) is 5.88 Å². The van der Waals surface area contributed by atoms with Gasteiger partial charge in [0.1, 0.15) is 0 Å². The van der Waals surface area contributed by atoms with Crippen molar-refractivity contribution in [1.82, 2.24) is 4.98 Å². The normalized spacial score (nSPS) is 10.6. The van der Waals surface area contributed by atoms with Crippen LogP contribution in [0, 0.1) is 6.92 Å². The first-order chi connectivity index (χ1) is 8.51. The van der Waals surface area contributed by atoms with Gasteiger partial charge in [-0.15, -0.1) is 0 Å². The van der Waals surface area contributed by atoms with E-state index in [4.69, 9.17) is 9.47 Å². The van der Waals surface area contributed by atoms with Crippen molar-refractivity contribution in [2.75, 3.05) is 13.7 Å². The lowest BCUT2D eigenvalue weighted by Crippen LogP contribution is -2.11. The molecule has 0 aliphatic carbocycles. The van der Waals surface area contributed by atoms with Crippen molar-refractivity contribution in [2.24, 2.45) is 0 Å². The summed E-state index contributed by atoms with van der Waals surface area (Å²) in [5.74, 6) is -0.322. The van der Waals surface area contributed by atoms with Crippen LogP contribution in [0.5, 0.6) is 5.88 Å². The number of aromatic nitrogens is 1. The Morgan fingerprint density at radius 2 is 2.17 bits per heavy atom. The molecule has 0 aliphatic heterocycles. The minimum Gasteiger partial charge on any atom is -0.481 e. The summed E-state index contributed by atoms with van der Waals surface area (Å²) in [6, 6.07) is 0. The quantitative estimate of drug-likeness (QED) is 0.762. The van der Waals surface area contributed by atoms with E-state index in [1.807, 2.05) is 0 Å². The van der Waals surface area contributed by atoms with Crippen molar-refractivity contribution in [3.8, 4) is 5.88 Å². The predicted molar refractivity (Wildman–Crippen MR) is 60.8 cm³/mol. The van der Waals surface area contributed by atoms with E-state index < -0.39 is 12.4 Å². The molecule has 18 heavy (non-hydrogen) atoms. The number of hydrogen-bond donors (Lipinski definition) is 0. The molecule has 0 aromatic carbocycles. The largest absolute Gasteiger partial charge is 0.481 e. The fourth-order valence-corrected chi connectivity index (χ4v) is 1.60. The standard InChI is InChI=1S/C12H15F2NO3/c1-4-18-10(16)5-8-7(2)9(11(13)14)6-15-12(8)17-3/h6,11H,4-5H2,1-3H3. The number of pyridine rings is 1. The van der Waals surface area contributed by atoms with Crippen LogP contribution < -0.4 is 4.74 Å². The fraction of sp³-hybridized carbons (Fsp3) is 0.500. The van der Waals surface area contributed by atoms with E-state index in [9.17, 15) is 13.6 Å². The summed E-state index contributed by atoms with van der Waals surface area (Å²) in [7, 11) is 1.37. The number of halogens is 2. The summed E-state index contributed by atoms with van der Waals surface area (Å²) in [4.78, 5) is 15.2. The van der Waals surface area contributed by atoms with E-state index in [2.05, 4.69) is 4.98 Å². The van der Waals surface area contributed by atoms with Crippen molar-refractivity contribution in [2.45, 2.75) is 26.7 Å². The summed E-state index contributed by atoms with van der Waals surface area (Å²) in [5.41, 5.74) is 0.453. The molecule has 0 amide bonds.